The summed E-state index contributed by atoms with van der Waals surface area (Å²) in [6.07, 6.45) is 0. The van der Waals surface area contributed by atoms with Crippen LogP contribution in [0.4, 0.5) is 0 Å². The number of thiophene rings is 1. The van der Waals surface area contributed by atoms with Gasteiger partial charge in [-0.05, 0) is 117 Å². The summed E-state index contributed by atoms with van der Waals surface area (Å²) >= 11 is 1.87. The molecule has 0 aliphatic heterocycles. The number of benzene rings is 8. The predicted octanol–water partition coefficient (Wildman–Crippen LogP) is 14.7. The molecule has 3 aromatic heterocycles. The maximum absolute atomic E-state index is 6.34. The average Bonchev–Trinajstić information content (AvgIpc) is 3.94. The molecule has 0 N–H and O–H groups in total. The maximum Gasteiger partial charge on any atom is 0.135 e. The fourth-order valence-electron chi connectivity index (χ4n) is 9.44. The van der Waals surface area contributed by atoms with Gasteiger partial charge in [0, 0.05) is 52.8 Å². The van der Waals surface area contributed by atoms with Crippen LogP contribution in [-0.4, -0.2) is 4.57 Å². The monoisotopic (exact) mass is 707 g/mol. The molecule has 12 rings (SSSR count). The third kappa shape index (κ3) is 4.10. The van der Waals surface area contributed by atoms with Gasteiger partial charge >= 0.3 is 0 Å². The highest BCUT2D eigenvalue weighted by Gasteiger charge is 2.38. The van der Waals surface area contributed by atoms with Gasteiger partial charge in [0.1, 0.15) is 11.2 Å². The van der Waals surface area contributed by atoms with Gasteiger partial charge in [-0.15, -0.1) is 11.3 Å². The third-order valence-electron chi connectivity index (χ3n) is 12.0. The van der Waals surface area contributed by atoms with E-state index >= 15 is 0 Å². The molecule has 8 aromatic carbocycles. The van der Waals surface area contributed by atoms with Gasteiger partial charge in [0.25, 0.3) is 0 Å². The fraction of sp³-hybridized carbons (Fsp3) is 0.0588. The van der Waals surface area contributed by atoms with Gasteiger partial charge < -0.3 is 8.98 Å². The molecule has 0 fully saturated rings. The molecule has 0 spiro atoms. The second-order valence-corrected chi connectivity index (χ2v) is 16.4. The lowest BCUT2D eigenvalue weighted by atomic mass is 9.80. The van der Waals surface area contributed by atoms with Crippen LogP contribution in [0.25, 0.3) is 103 Å². The predicted molar refractivity (Wildman–Crippen MR) is 229 cm³/mol. The molecule has 0 atom stereocenters. The van der Waals surface area contributed by atoms with Gasteiger partial charge in [-0.2, -0.15) is 0 Å². The molecule has 0 radical (unpaired) electrons. The number of hydrogen-bond donors (Lipinski definition) is 0. The minimum Gasteiger partial charge on any atom is -0.456 e. The van der Waals surface area contributed by atoms with E-state index in [2.05, 4.69) is 182 Å². The molecule has 0 bridgehead atoms. The van der Waals surface area contributed by atoms with E-state index in [-0.39, 0.29) is 5.41 Å². The zero-order chi connectivity index (χ0) is 35.7. The summed E-state index contributed by atoms with van der Waals surface area (Å²) in [5.74, 6) is 0. The lowest BCUT2D eigenvalue weighted by molar-refractivity contribution is 0.657. The van der Waals surface area contributed by atoms with Crippen molar-refractivity contribution in [3.05, 3.63) is 175 Å². The van der Waals surface area contributed by atoms with Crippen LogP contribution in [0, 0.1) is 0 Å². The van der Waals surface area contributed by atoms with Crippen LogP contribution in [0.15, 0.2) is 168 Å². The highest BCUT2D eigenvalue weighted by Crippen LogP contribution is 2.54. The van der Waals surface area contributed by atoms with Crippen LogP contribution in [0.1, 0.15) is 25.0 Å². The Balaban J connectivity index is 1.04. The van der Waals surface area contributed by atoms with Gasteiger partial charge in [-0.3, -0.25) is 0 Å². The van der Waals surface area contributed by atoms with Crippen molar-refractivity contribution in [3.63, 3.8) is 0 Å². The minimum absolute atomic E-state index is 0.190. The molecular formula is C51H33NOS. The average molecular weight is 708 g/mol. The van der Waals surface area contributed by atoms with E-state index in [9.17, 15) is 0 Å². The molecule has 11 aromatic rings. The first-order valence-corrected chi connectivity index (χ1v) is 19.5. The summed E-state index contributed by atoms with van der Waals surface area (Å²) in [6.45, 7) is 4.74. The van der Waals surface area contributed by atoms with Crippen molar-refractivity contribution in [3.8, 4) is 39.1 Å². The van der Waals surface area contributed by atoms with E-state index in [1.807, 2.05) is 11.3 Å². The number of hydrogen-bond acceptors (Lipinski definition) is 2. The van der Waals surface area contributed by atoms with E-state index in [0.29, 0.717) is 0 Å². The van der Waals surface area contributed by atoms with Crippen molar-refractivity contribution in [2.45, 2.75) is 19.3 Å². The second-order valence-electron chi connectivity index (χ2n) is 15.3. The molecule has 254 valence electrons. The van der Waals surface area contributed by atoms with E-state index in [1.165, 1.54) is 103 Å². The van der Waals surface area contributed by atoms with Gasteiger partial charge in [0.05, 0.1) is 11.0 Å². The van der Waals surface area contributed by atoms with Crippen molar-refractivity contribution >= 4 is 75.3 Å². The summed E-state index contributed by atoms with van der Waals surface area (Å²) in [5.41, 5.74) is 15.6. The standard InChI is InChI=1S/C51H33NOS/c1-51(2)42-29-33(16-20-35(42)37-21-24-46-49(50(37)51)38-13-6-8-14-45(38)53-46)31-18-23-44-40(27-31)39-26-30(17-22-43(39)52(44)34-10-4-3-5-11-34)32-19-25-48-41(28-32)36-12-7-9-15-47(36)54-48/h3-29H,1-2H3. The van der Waals surface area contributed by atoms with Crippen LogP contribution >= 0.6 is 11.3 Å². The summed E-state index contributed by atoms with van der Waals surface area (Å²) in [5, 5.41) is 7.59. The van der Waals surface area contributed by atoms with Crippen LogP contribution in [-0.2, 0) is 5.41 Å². The molecule has 1 aliphatic rings. The number of rotatable bonds is 3. The smallest absolute Gasteiger partial charge is 0.135 e. The zero-order valence-corrected chi connectivity index (χ0v) is 30.7. The highest BCUT2D eigenvalue weighted by molar-refractivity contribution is 7.25. The molecule has 1 aliphatic carbocycles. The number of nitrogens with zero attached hydrogens (tertiary/aromatic N) is 1. The second kappa shape index (κ2) is 10.8. The van der Waals surface area contributed by atoms with Crippen LogP contribution in [0.3, 0.4) is 0 Å². The van der Waals surface area contributed by atoms with Crippen molar-refractivity contribution in [2.75, 3.05) is 0 Å². The van der Waals surface area contributed by atoms with Gasteiger partial charge in [-0.25, -0.2) is 0 Å². The fourth-order valence-corrected chi connectivity index (χ4v) is 10.5. The quantitative estimate of drug-likeness (QED) is 0.179. The zero-order valence-electron chi connectivity index (χ0n) is 29.9. The van der Waals surface area contributed by atoms with Gasteiger partial charge in [-0.1, -0.05) is 105 Å². The maximum atomic E-state index is 6.34. The topological polar surface area (TPSA) is 18.1 Å². The minimum atomic E-state index is -0.190. The number of fused-ring (bicyclic) bond motifs is 13. The Hall–Kier alpha value is -6.42. The Labute approximate surface area is 316 Å². The molecule has 0 unspecified atom stereocenters. The van der Waals surface area contributed by atoms with Gasteiger partial charge in [0.15, 0.2) is 0 Å². The third-order valence-corrected chi connectivity index (χ3v) is 13.1. The Morgan fingerprint density at radius 2 is 1.06 bits per heavy atom. The first-order valence-electron chi connectivity index (χ1n) is 18.7. The molecular weight excluding hydrogens is 675 g/mol. The molecule has 0 saturated carbocycles. The van der Waals surface area contributed by atoms with Crippen molar-refractivity contribution in [1.29, 1.82) is 0 Å². The summed E-state index contributed by atoms with van der Waals surface area (Å²) in [6, 6.07) is 60.4. The number of furan rings is 1. The summed E-state index contributed by atoms with van der Waals surface area (Å²) < 4.78 is 11.4. The van der Waals surface area contributed by atoms with Crippen molar-refractivity contribution in [2.24, 2.45) is 0 Å². The summed E-state index contributed by atoms with van der Waals surface area (Å²) in [7, 11) is 0. The Bertz CT molecular complexity index is 3360. The summed E-state index contributed by atoms with van der Waals surface area (Å²) in [4.78, 5) is 0. The molecule has 3 heteroatoms. The number of para-hydroxylation sites is 2. The molecule has 3 heterocycles. The van der Waals surface area contributed by atoms with E-state index in [4.69, 9.17) is 4.42 Å². The first-order chi connectivity index (χ1) is 26.5. The normalized spacial score (nSPS) is 13.5. The van der Waals surface area contributed by atoms with E-state index < -0.39 is 0 Å². The molecule has 0 saturated heterocycles. The molecule has 0 amide bonds. The van der Waals surface area contributed by atoms with Crippen LogP contribution in [0.5, 0.6) is 0 Å². The molecule has 54 heavy (non-hydrogen) atoms. The highest BCUT2D eigenvalue weighted by atomic mass is 32.1. The molecule has 2 nitrogen and oxygen atoms in total. The van der Waals surface area contributed by atoms with Crippen molar-refractivity contribution in [1.82, 2.24) is 4.57 Å². The Morgan fingerprint density at radius 1 is 0.463 bits per heavy atom. The first kappa shape index (κ1) is 30.1. The van der Waals surface area contributed by atoms with E-state index in [0.717, 1.165) is 11.2 Å². The lowest BCUT2D eigenvalue weighted by Crippen LogP contribution is -2.15. The Kier molecular flexibility index (Phi) is 6.03. The largest absolute Gasteiger partial charge is 0.456 e. The van der Waals surface area contributed by atoms with E-state index in [1.54, 1.807) is 0 Å². The van der Waals surface area contributed by atoms with Crippen molar-refractivity contribution < 1.29 is 4.42 Å². The van der Waals surface area contributed by atoms with Gasteiger partial charge in [0.2, 0.25) is 0 Å². The Morgan fingerprint density at radius 3 is 1.83 bits per heavy atom. The van der Waals surface area contributed by atoms with Crippen LogP contribution < -0.4 is 0 Å². The lowest BCUT2D eigenvalue weighted by Gasteiger charge is -2.23. The van der Waals surface area contributed by atoms with Crippen LogP contribution in [0.2, 0.25) is 0 Å². The SMILES string of the molecule is CC1(C)c2cc(-c3ccc4c(c3)c3cc(-c5ccc6sc7ccccc7c6c5)ccc3n4-c3ccccc3)ccc2-c2ccc3oc4ccccc4c3c21. The number of aromatic nitrogens is 1.